The number of nitrogens with zero attached hydrogens (tertiary/aromatic N) is 1. The van der Waals surface area contributed by atoms with Crippen LogP contribution in [0.15, 0.2) is 24.3 Å². The summed E-state index contributed by atoms with van der Waals surface area (Å²) < 4.78 is 61.6. The molecule has 0 radical (unpaired) electrons. The molecule has 0 aliphatic rings. The molecule has 0 fully saturated rings. The molecule has 1 amide bonds. The zero-order valence-corrected chi connectivity index (χ0v) is 13.8. The summed E-state index contributed by atoms with van der Waals surface area (Å²) in [5.41, 5.74) is -0.658. The Morgan fingerprint density at radius 1 is 1.22 bits per heavy atom. The zero-order valence-electron chi connectivity index (χ0n) is 13.0. The first-order chi connectivity index (χ1) is 10.4. The maximum Gasteiger partial charge on any atom is 0.416 e. The highest BCUT2D eigenvalue weighted by Crippen LogP contribution is 2.29. The molecule has 0 atom stereocenters. The number of rotatable bonds is 6. The highest BCUT2D eigenvalue weighted by atomic mass is 32.2. The first kappa shape index (κ1) is 19.4. The fourth-order valence-electron chi connectivity index (χ4n) is 1.83. The number of carbonyl (C=O) groups is 1. The predicted octanol–water partition coefficient (Wildman–Crippen LogP) is 2.56. The minimum Gasteiger partial charge on any atom is -0.325 e. The van der Waals surface area contributed by atoms with Gasteiger partial charge in [-0.1, -0.05) is 13.8 Å². The van der Waals surface area contributed by atoms with E-state index >= 15 is 0 Å². The molecular formula is C14H19F3N2O3S. The van der Waals surface area contributed by atoms with Crippen molar-refractivity contribution in [2.24, 2.45) is 5.92 Å². The van der Waals surface area contributed by atoms with Crippen LogP contribution in [0.25, 0.3) is 0 Å². The molecule has 0 saturated carbocycles. The van der Waals surface area contributed by atoms with Gasteiger partial charge in [0.05, 0.1) is 18.4 Å². The van der Waals surface area contributed by atoms with E-state index in [2.05, 4.69) is 5.32 Å². The van der Waals surface area contributed by atoms with Crippen molar-refractivity contribution in [3.63, 3.8) is 0 Å². The molecule has 5 nitrogen and oxygen atoms in total. The predicted molar refractivity (Wildman–Crippen MR) is 81.3 cm³/mol. The van der Waals surface area contributed by atoms with Crippen molar-refractivity contribution in [1.29, 1.82) is 0 Å². The van der Waals surface area contributed by atoms with Crippen molar-refractivity contribution in [2.75, 3.05) is 24.7 Å². The molecule has 1 rings (SSSR count). The van der Waals surface area contributed by atoms with Gasteiger partial charge in [0.1, 0.15) is 0 Å². The van der Waals surface area contributed by atoms with Crippen molar-refractivity contribution in [2.45, 2.75) is 20.0 Å². The van der Waals surface area contributed by atoms with E-state index in [1.54, 1.807) is 0 Å². The van der Waals surface area contributed by atoms with Crippen molar-refractivity contribution in [1.82, 2.24) is 4.31 Å². The summed E-state index contributed by atoms with van der Waals surface area (Å²) in [5, 5.41) is 2.38. The van der Waals surface area contributed by atoms with E-state index in [0.717, 1.165) is 34.8 Å². The smallest absolute Gasteiger partial charge is 0.325 e. The van der Waals surface area contributed by atoms with Crippen molar-refractivity contribution in [3.05, 3.63) is 29.8 Å². The van der Waals surface area contributed by atoms with E-state index in [4.69, 9.17) is 0 Å². The van der Waals surface area contributed by atoms with Gasteiger partial charge in [0.2, 0.25) is 15.9 Å². The van der Waals surface area contributed by atoms with Crippen molar-refractivity contribution in [3.8, 4) is 0 Å². The third-order valence-corrected chi connectivity index (χ3v) is 4.07. The van der Waals surface area contributed by atoms with E-state index in [0.29, 0.717) is 0 Å². The number of halogens is 3. The average Bonchev–Trinajstić information content (AvgIpc) is 2.35. The molecule has 0 heterocycles. The summed E-state index contributed by atoms with van der Waals surface area (Å²) >= 11 is 0. The second-order valence-electron chi connectivity index (χ2n) is 5.57. The summed E-state index contributed by atoms with van der Waals surface area (Å²) in [5.74, 6) is -0.584. The molecule has 130 valence electrons. The third kappa shape index (κ3) is 6.57. The topological polar surface area (TPSA) is 66.5 Å². The maximum absolute atomic E-state index is 12.4. The molecule has 0 bridgehead atoms. The summed E-state index contributed by atoms with van der Waals surface area (Å²) in [6.07, 6.45) is -3.45. The molecule has 1 aromatic rings. The first-order valence-corrected chi connectivity index (χ1v) is 8.66. The van der Waals surface area contributed by atoms with Crippen molar-refractivity contribution >= 4 is 21.6 Å². The Morgan fingerprint density at radius 3 is 2.13 bits per heavy atom. The van der Waals surface area contributed by atoms with Gasteiger partial charge in [0.15, 0.2) is 0 Å². The fraction of sp³-hybridized carbons (Fsp3) is 0.500. The summed E-state index contributed by atoms with van der Waals surface area (Å²) in [6.45, 7) is 3.41. The lowest BCUT2D eigenvalue weighted by Gasteiger charge is -2.21. The number of anilines is 1. The van der Waals surface area contributed by atoms with E-state index in [9.17, 15) is 26.4 Å². The lowest BCUT2D eigenvalue weighted by Crippen LogP contribution is -2.39. The molecule has 1 N–H and O–H groups in total. The Hall–Kier alpha value is -1.61. The fourth-order valence-corrected chi connectivity index (χ4v) is 2.75. The Bertz CT molecular complexity index is 640. The number of hydrogen-bond acceptors (Lipinski definition) is 3. The molecule has 0 aliphatic carbocycles. The number of benzene rings is 1. The Kier molecular flexibility index (Phi) is 6.18. The van der Waals surface area contributed by atoms with Crippen LogP contribution in [0.3, 0.4) is 0 Å². The second kappa shape index (κ2) is 7.31. The molecule has 0 saturated heterocycles. The third-order valence-electron chi connectivity index (χ3n) is 2.85. The van der Waals surface area contributed by atoms with E-state index in [1.807, 2.05) is 13.8 Å². The normalized spacial score (nSPS) is 12.7. The summed E-state index contributed by atoms with van der Waals surface area (Å²) in [7, 11) is -3.55. The standard InChI is InChI=1S/C14H19F3N2O3S/c1-10(2)8-19(23(3,21)22)9-13(20)18-12-6-4-11(5-7-12)14(15,16)17/h4-7,10H,8-9H2,1-3H3,(H,18,20). The number of nitrogens with one attached hydrogen (secondary N) is 1. The van der Waals surface area contributed by atoms with E-state index in [-0.39, 0.29) is 18.2 Å². The molecule has 1 aromatic carbocycles. The first-order valence-electron chi connectivity index (χ1n) is 6.82. The quantitative estimate of drug-likeness (QED) is 0.856. The van der Waals surface area contributed by atoms with E-state index in [1.165, 1.54) is 0 Å². The largest absolute Gasteiger partial charge is 0.416 e. The van der Waals surface area contributed by atoms with Crippen LogP contribution in [-0.2, 0) is 21.0 Å². The SMILES string of the molecule is CC(C)CN(CC(=O)Nc1ccc(C(F)(F)F)cc1)S(C)(=O)=O. The lowest BCUT2D eigenvalue weighted by molar-refractivity contribution is -0.137. The number of sulfonamides is 1. The highest BCUT2D eigenvalue weighted by Gasteiger charge is 2.30. The highest BCUT2D eigenvalue weighted by molar-refractivity contribution is 7.88. The molecule has 0 unspecified atom stereocenters. The minimum absolute atomic E-state index is 0.0311. The minimum atomic E-state index is -4.45. The van der Waals surface area contributed by atoms with Gasteiger partial charge in [-0.2, -0.15) is 17.5 Å². The molecule has 23 heavy (non-hydrogen) atoms. The zero-order chi connectivity index (χ0) is 17.8. The van der Waals surface area contributed by atoms with Crippen LogP contribution in [0.5, 0.6) is 0 Å². The molecule has 0 aliphatic heterocycles. The Labute approximate surface area is 133 Å². The van der Waals surface area contributed by atoms with Crippen LogP contribution in [0.4, 0.5) is 18.9 Å². The summed E-state index contributed by atoms with van der Waals surface area (Å²) in [4.78, 5) is 11.9. The molecular weight excluding hydrogens is 333 g/mol. The molecule has 0 aromatic heterocycles. The van der Waals surface area contributed by atoms with Gasteiger partial charge < -0.3 is 5.32 Å². The van der Waals surface area contributed by atoms with Gasteiger partial charge in [0.25, 0.3) is 0 Å². The van der Waals surface area contributed by atoms with Gasteiger partial charge in [-0.3, -0.25) is 4.79 Å². The van der Waals surface area contributed by atoms with Crippen LogP contribution >= 0.6 is 0 Å². The van der Waals surface area contributed by atoms with Crippen LogP contribution in [0, 0.1) is 5.92 Å². The number of alkyl halides is 3. The Balaban J connectivity index is 2.75. The second-order valence-corrected chi connectivity index (χ2v) is 7.56. The van der Waals surface area contributed by atoms with Crippen LogP contribution in [0.1, 0.15) is 19.4 Å². The van der Waals surface area contributed by atoms with Crippen LogP contribution in [-0.4, -0.2) is 38.0 Å². The average molecular weight is 352 g/mol. The van der Waals surface area contributed by atoms with E-state index < -0.39 is 34.2 Å². The van der Waals surface area contributed by atoms with Gasteiger partial charge in [0, 0.05) is 12.2 Å². The summed E-state index contributed by atoms with van der Waals surface area (Å²) in [6, 6.07) is 3.93. The van der Waals surface area contributed by atoms with Gasteiger partial charge in [-0.15, -0.1) is 0 Å². The monoisotopic (exact) mass is 352 g/mol. The number of amides is 1. The molecule has 0 spiro atoms. The van der Waals surface area contributed by atoms with Crippen LogP contribution < -0.4 is 5.32 Å². The molecule has 9 heteroatoms. The lowest BCUT2D eigenvalue weighted by atomic mass is 10.2. The maximum atomic E-state index is 12.4. The van der Waals surface area contributed by atoms with Gasteiger partial charge in [-0.25, -0.2) is 8.42 Å². The van der Waals surface area contributed by atoms with Crippen molar-refractivity contribution < 1.29 is 26.4 Å². The Morgan fingerprint density at radius 2 is 1.74 bits per heavy atom. The van der Waals surface area contributed by atoms with Gasteiger partial charge >= 0.3 is 6.18 Å². The van der Waals surface area contributed by atoms with Crippen LogP contribution in [0.2, 0.25) is 0 Å². The van der Waals surface area contributed by atoms with Gasteiger partial charge in [-0.05, 0) is 30.2 Å². The number of hydrogen-bond donors (Lipinski definition) is 1. The number of carbonyl (C=O) groups excluding carboxylic acids is 1.